The molecule has 1 fully saturated rings. The van der Waals surface area contributed by atoms with Gasteiger partial charge in [0, 0.05) is 30.2 Å². The molecular weight excluding hydrogens is 326 g/mol. The molecule has 1 aliphatic heterocycles. The van der Waals surface area contributed by atoms with Crippen molar-refractivity contribution in [3.05, 3.63) is 58.7 Å². The number of aryl methyl sites for hydroxylation is 1. The first-order valence-electron chi connectivity index (χ1n) is 7.78. The van der Waals surface area contributed by atoms with Gasteiger partial charge in [0.1, 0.15) is 5.82 Å². The van der Waals surface area contributed by atoms with E-state index in [4.69, 9.17) is 11.6 Å². The largest absolute Gasteiger partial charge is 0.338 e. The number of nitrogens with zero attached hydrogens (tertiary/aromatic N) is 2. The number of benzene rings is 1. The lowest BCUT2D eigenvalue weighted by Crippen LogP contribution is -2.28. The van der Waals surface area contributed by atoms with Crippen molar-refractivity contribution in [3.8, 4) is 0 Å². The molecule has 0 spiro atoms. The van der Waals surface area contributed by atoms with E-state index >= 15 is 0 Å². The minimum atomic E-state index is -0.355. The highest BCUT2D eigenvalue weighted by atomic mass is 35.5. The molecule has 0 radical (unpaired) electrons. The third kappa shape index (κ3) is 3.92. The van der Waals surface area contributed by atoms with Crippen molar-refractivity contribution in [2.24, 2.45) is 5.92 Å². The van der Waals surface area contributed by atoms with Gasteiger partial charge in [-0.25, -0.2) is 4.98 Å². The third-order valence-electron chi connectivity index (χ3n) is 4.01. The summed E-state index contributed by atoms with van der Waals surface area (Å²) >= 11 is 5.87. The number of amides is 2. The van der Waals surface area contributed by atoms with Crippen molar-refractivity contribution >= 4 is 29.2 Å². The van der Waals surface area contributed by atoms with Crippen LogP contribution < -0.4 is 5.32 Å². The molecule has 0 saturated carbocycles. The summed E-state index contributed by atoms with van der Waals surface area (Å²) in [6.07, 6.45) is 0.227. The molecule has 124 valence electrons. The van der Waals surface area contributed by atoms with Crippen molar-refractivity contribution in [1.82, 2.24) is 9.88 Å². The molecule has 1 N–H and O–H groups in total. The Morgan fingerprint density at radius 2 is 2.04 bits per heavy atom. The van der Waals surface area contributed by atoms with Gasteiger partial charge in [0.05, 0.1) is 5.92 Å². The fraction of sp³-hybridized carbons (Fsp3) is 0.278. The Hall–Kier alpha value is -2.40. The van der Waals surface area contributed by atoms with Gasteiger partial charge in [0.15, 0.2) is 0 Å². The van der Waals surface area contributed by atoms with Crippen molar-refractivity contribution < 1.29 is 9.59 Å². The van der Waals surface area contributed by atoms with E-state index < -0.39 is 0 Å². The second kappa shape index (κ2) is 7.01. The number of anilines is 1. The molecule has 2 aromatic rings. The highest BCUT2D eigenvalue weighted by molar-refractivity contribution is 6.30. The maximum atomic E-state index is 12.4. The number of carbonyl (C=O) groups excluding carboxylic acids is 2. The second-order valence-electron chi connectivity index (χ2n) is 5.96. The number of aromatic nitrogens is 1. The normalized spacial score (nSPS) is 17.2. The Kier molecular flexibility index (Phi) is 4.81. The summed E-state index contributed by atoms with van der Waals surface area (Å²) in [4.78, 5) is 30.5. The standard InChI is InChI=1S/C18H18ClN3O2/c1-12-3-2-4-16(20-12)21-18(24)14-9-17(23)22(11-14)10-13-5-7-15(19)8-6-13/h2-8,14H,9-11H2,1H3,(H,20,21,24). The maximum absolute atomic E-state index is 12.4. The summed E-state index contributed by atoms with van der Waals surface area (Å²) in [6, 6.07) is 12.8. The van der Waals surface area contributed by atoms with Gasteiger partial charge in [-0.2, -0.15) is 0 Å². The lowest BCUT2D eigenvalue weighted by atomic mass is 10.1. The van der Waals surface area contributed by atoms with Crippen LogP contribution in [0, 0.1) is 12.8 Å². The predicted molar refractivity (Wildman–Crippen MR) is 92.6 cm³/mol. The molecule has 2 heterocycles. The lowest BCUT2D eigenvalue weighted by Gasteiger charge is -2.16. The summed E-state index contributed by atoms with van der Waals surface area (Å²) in [7, 11) is 0. The molecule has 1 aliphatic rings. The smallest absolute Gasteiger partial charge is 0.230 e. The number of rotatable bonds is 4. The van der Waals surface area contributed by atoms with Crippen LogP contribution in [0.2, 0.25) is 5.02 Å². The molecule has 0 bridgehead atoms. The van der Waals surface area contributed by atoms with Gasteiger partial charge in [-0.1, -0.05) is 29.8 Å². The summed E-state index contributed by atoms with van der Waals surface area (Å²) in [5.74, 6) is -0.0157. The zero-order valence-corrected chi connectivity index (χ0v) is 14.1. The molecular formula is C18H18ClN3O2. The molecule has 1 aromatic carbocycles. The number of pyridine rings is 1. The van der Waals surface area contributed by atoms with E-state index in [2.05, 4.69) is 10.3 Å². The van der Waals surface area contributed by atoms with E-state index in [-0.39, 0.29) is 24.2 Å². The number of hydrogen-bond acceptors (Lipinski definition) is 3. The van der Waals surface area contributed by atoms with Crippen LogP contribution in [0.25, 0.3) is 0 Å². The molecule has 5 nitrogen and oxygen atoms in total. The number of nitrogens with one attached hydrogen (secondary N) is 1. The first-order chi connectivity index (χ1) is 11.5. The molecule has 1 aromatic heterocycles. The predicted octanol–water partition coefficient (Wildman–Crippen LogP) is 3.03. The van der Waals surface area contributed by atoms with Gasteiger partial charge in [-0.15, -0.1) is 0 Å². The summed E-state index contributed by atoms with van der Waals surface area (Å²) < 4.78 is 0. The molecule has 24 heavy (non-hydrogen) atoms. The highest BCUT2D eigenvalue weighted by Gasteiger charge is 2.34. The number of carbonyl (C=O) groups is 2. The van der Waals surface area contributed by atoms with Crippen LogP contribution in [0.15, 0.2) is 42.5 Å². The molecule has 3 rings (SSSR count). The summed E-state index contributed by atoms with van der Waals surface area (Å²) in [6.45, 7) is 2.77. The second-order valence-corrected chi connectivity index (χ2v) is 6.39. The highest BCUT2D eigenvalue weighted by Crippen LogP contribution is 2.22. The summed E-state index contributed by atoms with van der Waals surface area (Å²) in [5, 5.41) is 3.45. The van der Waals surface area contributed by atoms with Gasteiger partial charge in [-0.05, 0) is 36.8 Å². The molecule has 6 heteroatoms. The maximum Gasteiger partial charge on any atom is 0.230 e. The van der Waals surface area contributed by atoms with Crippen molar-refractivity contribution in [1.29, 1.82) is 0 Å². The minimum Gasteiger partial charge on any atom is -0.338 e. The van der Waals surface area contributed by atoms with E-state index in [1.54, 1.807) is 23.1 Å². The van der Waals surface area contributed by atoms with Gasteiger partial charge in [0.25, 0.3) is 0 Å². The number of halogens is 1. The van der Waals surface area contributed by atoms with Gasteiger partial charge in [-0.3, -0.25) is 9.59 Å². The Morgan fingerprint density at radius 3 is 2.75 bits per heavy atom. The molecule has 1 saturated heterocycles. The van der Waals surface area contributed by atoms with Gasteiger partial charge in [0.2, 0.25) is 11.8 Å². The van der Waals surface area contributed by atoms with Crippen LogP contribution in [0.1, 0.15) is 17.7 Å². The monoisotopic (exact) mass is 343 g/mol. The fourth-order valence-corrected chi connectivity index (χ4v) is 2.88. The van der Waals surface area contributed by atoms with Crippen LogP contribution in [-0.4, -0.2) is 28.2 Å². The topological polar surface area (TPSA) is 62.3 Å². The van der Waals surface area contributed by atoms with E-state index in [9.17, 15) is 9.59 Å². The lowest BCUT2D eigenvalue weighted by molar-refractivity contribution is -0.128. The minimum absolute atomic E-state index is 0.0118. The SMILES string of the molecule is Cc1cccc(NC(=O)C2CC(=O)N(Cc3ccc(Cl)cc3)C2)n1. The van der Waals surface area contributed by atoms with Crippen molar-refractivity contribution in [3.63, 3.8) is 0 Å². The Morgan fingerprint density at radius 1 is 1.29 bits per heavy atom. The van der Waals surface area contributed by atoms with E-state index in [1.807, 2.05) is 31.2 Å². The zero-order valence-electron chi connectivity index (χ0n) is 13.3. The van der Waals surface area contributed by atoms with Crippen molar-refractivity contribution in [2.75, 3.05) is 11.9 Å². The molecule has 1 atom stereocenters. The Balaban J connectivity index is 1.61. The molecule has 1 unspecified atom stereocenters. The first-order valence-corrected chi connectivity index (χ1v) is 8.16. The third-order valence-corrected chi connectivity index (χ3v) is 4.26. The van der Waals surface area contributed by atoms with Crippen molar-refractivity contribution in [2.45, 2.75) is 19.9 Å². The van der Waals surface area contributed by atoms with Crippen LogP contribution >= 0.6 is 11.6 Å². The average Bonchev–Trinajstić information content (AvgIpc) is 2.91. The Labute approximate surface area is 145 Å². The van der Waals surface area contributed by atoms with Gasteiger partial charge < -0.3 is 10.2 Å². The quantitative estimate of drug-likeness (QED) is 0.928. The summed E-state index contributed by atoms with van der Waals surface area (Å²) in [5.41, 5.74) is 1.83. The molecule has 2 amide bonds. The van der Waals surface area contributed by atoms with Crippen LogP contribution in [-0.2, 0) is 16.1 Å². The fourth-order valence-electron chi connectivity index (χ4n) is 2.75. The van der Waals surface area contributed by atoms with Crippen LogP contribution in [0.4, 0.5) is 5.82 Å². The Bertz CT molecular complexity index is 761. The van der Waals surface area contributed by atoms with E-state index in [0.29, 0.717) is 23.9 Å². The zero-order chi connectivity index (χ0) is 17.1. The average molecular weight is 344 g/mol. The number of hydrogen-bond donors (Lipinski definition) is 1. The van der Waals surface area contributed by atoms with E-state index in [0.717, 1.165) is 11.3 Å². The number of likely N-dealkylation sites (tertiary alicyclic amines) is 1. The first kappa shape index (κ1) is 16.5. The van der Waals surface area contributed by atoms with E-state index in [1.165, 1.54) is 0 Å². The van der Waals surface area contributed by atoms with Crippen LogP contribution in [0.3, 0.4) is 0 Å². The van der Waals surface area contributed by atoms with Gasteiger partial charge >= 0.3 is 0 Å². The molecule has 0 aliphatic carbocycles. The van der Waals surface area contributed by atoms with Crippen LogP contribution in [0.5, 0.6) is 0 Å².